The van der Waals surface area contributed by atoms with Crippen molar-refractivity contribution >= 4 is 12.0 Å². The highest BCUT2D eigenvalue weighted by Gasteiger charge is 2.09. The van der Waals surface area contributed by atoms with Gasteiger partial charge in [-0.25, -0.2) is 4.79 Å². The molecule has 0 atom stereocenters. The predicted octanol–water partition coefficient (Wildman–Crippen LogP) is 2.43. The molecule has 4 nitrogen and oxygen atoms in total. The zero-order chi connectivity index (χ0) is 13.0. The molecule has 0 fully saturated rings. The SMILES string of the molecule is Cc1cc(C)c(C(=O)O)cc1C=C(C#N)C#N. The molecule has 1 N–H and O–H groups in total. The van der Waals surface area contributed by atoms with Gasteiger partial charge in [-0.05, 0) is 42.7 Å². The van der Waals surface area contributed by atoms with Crippen LogP contribution in [0.1, 0.15) is 27.0 Å². The standard InChI is InChI=1S/C13H10N2O2/c1-8-3-9(2)12(13(16)17)5-11(8)4-10(6-14)7-15/h3-5H,1-2H3,(H,16,17). The summed E-state index contributed by atoms with van der Waals surface area (Å²) in [6.45, 7) is 3.51. The first-order valence-corrected chi connectivity index (χ1v) is 4.86. The van der Waals surface area contributed by atoms with E-state index in [1.807, 2.05) is 0 Å². The third kappa shape index (κ3) is 2.70. The summed E-state index contributed by atoms with van der Waals surface area (Å²) in [4.78, 5) is 11.0. The molecular formula is C13H10N2O2. The molecule has 4 heteroatoms. The molecule has 0 saturated carbocycles. The maximum absolute atomic E-state index is 11.0. The van der Waals surface area contributed by atoms with E-state index < -0.39 is 5.97 Å². The molecule has 0 spiro atoms. The molecule has 0 aliphatic rings. The normalized spacial score (nSPS) is 8.94. The number of nitrogens with zero attached hydrogens (tertiary/aromatic N) is 2. The fourth-order valence-electron chi connectivity index (χ4n) is 1.50. The second-order valence-electron chi connectivity index (χ2n) is 3.61. The number of benzene rings is 1. The Kier molecular flexibility index (Phi) is 3.64. The van der Waals surface area contributed by atoms with Gasteiger partial charge in [-0.15, -0.1) is 0 Å². The highest BCUT2D eigenvalue weighted by Crippen LogP contribution is 2.18. The van der Waals surface area contributed by atoms with Gasteiger partial charge in [-0.2, -0.15) is 10.5 Å². The van der Waals surface area contributed by atoms with Crippen LogP contribution in [0.2, 0.25) is 0 Å². The minimum absolute atomic E-state index is 0.0479. The third-order valence-electron chi connectivity index (χ3n) is 2.38. The van der Waals surface area contributed by atoms with Gasteiger partial charge >= 0.3 is 5.97 Å². The third-order valence-corrected chi connectivity index (χ3v) is 2.38. The van der Waals surface area contributed by atoms with Crippen LogP contribution in [-0.2, 0) is 0 Å². The second kappa shape index (κ2) is 4.96. The van der Waals surface area contributed by atoms with Crippen LogP contribution in [0, 0.1) is 36.5 Å². The van der Waals surface area contributed by atoms with E-state index in [1.165, 1.54) is 12.1 Å². The minimum atomic E-state index is -1.02. The largest absolute Gasteiger partial charge is 0.478 e. The summed E-state index contributed by atoms with van der Waals surface area (Å²) in [5, 5.41) is 26.3. The minimum Gasteiger partial charge on any atom is -0.478 e. The van der Waals surface area contributed by atoms with Crippen LogP contribution >= 0.6 is 0 Å². The van der Waals surface area contributed by atoms with Gasteiger partial charge in [0, 0.05) is 0 Å². The molecule has 0 unspecified atom stereocenters. The van der Waals surface area contributed by atoms with Crippen molar-refractivity contribution in [3.8, 4) is 12.1 Å². The number of aromatic carboxylic acids is 1. The monoisotopic (exact) mass is 226 g/mol. The Hall–Kier alpha value is -2.59. The highest BCUT2D eigenvalue weighted by atomic mass is 16.4. The van der Waals surface area contributed by atoms with Gasteiger partial charge < -0.3 is 5.11 Å². The van der Waals surface area contributed by atoms with Crippen molar-refractivity contribution in [3.63, 3.8) is 0 Å². The highest BCUT2D eigenvalue weighted by molar-refractivity contribution is 5.90. The first-order valence-electron chi connectivity index (χ1n) is 4.86. The summed E-state index contributed by atoms with van der Waals surface area (Å²) in [6.07, 6.45) is 1.39. The summed E-state index contributed by atoms with van der Waals surface area (Å²) in [7, 11) is 0. The van der Waals surface area contributed by atoms with Gasteiger partial charge in [0.1, 0.15) is 17.7 Å². The molecular weight excluding hydrogens is 216 g/mol. The fourth-order valence-corrected chi connectivity index (χ4v) is 1.50. The van der Waals surface area contributed by atoms with Gasteiger partial charge in [-0.1, -0.05) is 6.07 Å². The molecule has 0 saturated heterocycles. The first kappa shape index (κ1) is 12.5. The lowest BCUT2D eigenvalue weighted by Crippen LogP contribution is -2.01. The number of hydrogen-bond donors (Lipinski definition) is 1. The molecule has 0 aromatic heterocycles. The van der Waals surface area contributed by atoms with E-state index in [0.717, 1.165) is 5.56 Å². The van der Waals surface area contributed by atoms with Crippen LogP contribution in [0.25, 0.3) is 6.08 Å². The fraction of sp³-hybridized carbons (Fsp3) is 0.154. The Morgan fingerprint density at radius 1 is 1.24 bits per heavy atom. The molecule has 0 aliphatic carbocycles. The molecule has 0 bridgehead atoms. The van der Waals surface area contributed by atoms with E-state index in [1.54, 1.807) is 32.1 Å². The number of allylic oxidation sites excluding steroid dienone is 1. The van der Waals surface area contributed by atoms with E-state index in [4.69, 9.17) is 15.6 Å². The molecule has 1 aromatic carbocycles. The van der Waals surface area contributed by atoms with E-state index in [0.29, 0.717) is 11.1 Å². The summed E-state index contributed by atoms with van der Waals surface area (Å²) >= 11 is 0. The van der Waals surface area contributed by atoms with Crippen LogP contribution in [0.4, 0.5) is 0 Å². The van der Waals surface area contributed by atoms with Gasteiger partial charge in [-0.3, -0.25) is 0 Å². The zero-order valence-corrected chi connectivity index (χ0v) is 9.48. The van der Waals surface area contributed by atoms with Crippen molar-refractivity contribution in [3.05, 3.63) is 40.0 Å². The summed E-state index contributed by atoms with van der Waals surface area (Å²) < 4.78 is 0. The van der Waals surface area contributed by atoms with Crippen LogP contribution in [0.15, 0.2) is 17.7 Å². The molecule has 0 amide bonds. The lowest BCUT2D eigenvalue weighted by molar-refractivity contribution is 0.0696. The Morgan fingerprint density at radius 3 is 2.29 bits per heavy atom. The Morgan fingerprint density at radius 2 is 1.82 bits per heavy atom. The summed E-state index contributed by atoms with van der Waals surface area (Å²) in [5.74, 6) is -1.02. The topological polar surface area (TPSA) is 84.9 Å². The number of carboxylic acids is 1. The van der Waals surface area contributed by atoms with Crippen LogP contribution in [0.3, 0.4) is 0 Å². The van der Waals surface area contributed by atoms with Crippen molar-refractivity contribution in [1.29, 1.82) is 10.5 Å². The molecule has 84 valence electrons. The second-order valence-corrected chi connectivity index (χ2v) is 3.61. The lowest BCUT2D eigenvalue weighted by atomic mass is 9.98. The Balaban J connectivity index is 3.42. The van der Waals surface area contributed by atoms with Crippen molar-refractivity contribution in [2.24, 2.45) is 0 Å². The molecule has 0 aliphatic heterocycles. The number of carbonyl (C=O) groups is 1. The molecule has 17 heavy (non-hydrogen) atoms. The molecule has 0 heterocycles. The average Bonchev–Trinajstić information content (AvgIpc) is 2.27. The number of rotatable bonds is 2. The Labute approximate surface area is 99.0 Å². The number of carboxylic acid groups (broad SMARTS) is 1. The van der Waals surface area contributed by atoms with Gasteiger partial charge in [0.15, 0.2) is 0 Å². The summed E-state index contributed by atoms with van der Waals surface area (Å²) in [6, 6.07) is 6.68. The van der Waals surface area contributed by atoms with E-state index in [-0.39, 0.29) is 11.1 Å². The zero-order valence-electron chi connectivity index (χ0n) is 9.48. The van der Waals surface area contributed by atoms with Gasteiger partial charge in [0.25, 0.3) is 0 Å². The van der Waals surface area contributed by atoms with Crippen LogP contribution in [0.5, 0.6) is 0 Å². The van der Waals surface area contributed by atoms with Crippen molar-refractivity contribution in [2.75, 3.05) is 0 Å². The number of aryl methyl sites for hydroxylation is 2. The van der Waals surface area contributed by atoms with Crippen molar-refractivity contribution in [1.82, 2.24) is 0 Å². The predicted molar refractivity (Wildman–Crippen MR) is 62.1 cm³/mol. The van der Waals surface area contributed by atoms with Gasteiger partial charge in [0.05, 0.1) is 5.56 Å². The quantitative estimate of drug-likeness (QED) is 0.785. The molecule has 1 aromatic rings. The number of nitriles is 2. The van der Waals surface area contributed by atoms with Crippen LogP contribution < -0.4 is 0 Å². The first-order chi connectivity index (χ1) is 7.99. The van der Waals surface area contributed by atoms with Gasteiger partial charge in [0.2, 0.25) is 0 Å². The van der Waals surface area contributed by atoms with E-state index in [9.17, 15) is 4.79 Å². The Bertz CT molecular complexity index is 571. The van der Waals surface area contributed by atoms with E-state index >= 15 is 0 Å². The maximum atomic E-state index is 11.0. The molecule has 0 radical (unpaired) electrons. The maximum Gasteiger partial charge on any atom is 0.335 e. The average molecular weight is 226 g/mol. The number of hydrogen-bond acceptors (Lipinski definition) is 3. The molecule has 1 rings (SSSR count). The van der Waals surface area contributed by atoms with Crippen molar-refractivity contribution < 1.29 is 9.90 Å². The lowest BCUT2D eigenvalue weighted by Gasteiger charge is -2.06. The smallest absolute Gasteiger partial charge is 0.335 e. The van der Waals surface area contributed by atoms with Crippen molar-refractivity contribution in [2.45, 2.75) is 13.8 Å². The summed E-state index contributed by atoms with van der Waals surface area (Å²) in [5.41, 5.74) is 2.19. The van der Waals surface area contributed by atoms with E-state index in [2.05, 4.69) is 0 Å². The van der Waals surface area contributed by atoms with Crippen LogP contribution in [-0.4, -0.2) is 11.1 Å².